The molecule has 4 heteroatoms. The number of carboxylic acid groups (broad SMARTS) is 2. The molecular formula is C9H16O4. The Bertz CT molecular complexity index is 188. The van der Waals surface area contributed by atoms with E-state index in [-0.39, 0.29) is 12.3 Å². The molecule has 0 saturated carbocycles. The summed E-state index contributed by atoms with van der Waals surface area (Å²) in [7, 11) is 0. The van der Waals surface area contributed by atoms with Crippen LogP contribution in [-0.2, 0) is 9.59 Å². The first kappa shape index (κ1) is 11.9. The molecule has 0 aliphatic carbocycles. The molecule has 4 nitrogen and oxygen atoms in total. The highest BCUT2D eigenvalue weighted by molar-refractivity contribution is 5.77. The van der Waals surface area contributed by atoms with Gasteiger partial charge in [0.25, 0.3) is 0 Å². The largest absolute Gasteiger partial charge is 0.481 e. The Morgan fingerprint density at radius 2 is 1.85 bits per heavy atom. The van der Waals surface area contributed by atoms with Crippen molar-refractivity contribution in [2.75, 3.05) is 0 Å². The first-order chi connectivity index (χ1) is 5.97. The minimum Gasteiger partial charge on any atom is -0.481 e. The zero-order valence-corrected chi connectivity index (χ0v) is 7.99. The smallest absolute Gasteiger partial charge is 0.307 e. The highest BCUT2D eigenvalue weighted by Gasteiger charge is 2.22. The lowest BCUT2D eigenvalue weighted by Gasteiger charge is -2.13. The van der Waals surface area contributed by atoms with Gasteiger partial charge in [0, 0.05) is 0 Å². The molecule has 0 saturated heterocycles. The van der Waals surface area contributed by atoms with Gasteiger partial charge in [0.2, 0.25) is 0 Å². The third-order valence-electron chi connectivity index (χ3n) is 2.15. The molecule has 0 radical (unpaired) electrons. The summed E-state index contributed by atoms with van der Waals surface area (Å²) < 4.78 is 0. The molecule has 0 aromatic heterocycles. The van der Waals surface area contributed by atoms with Crippen molar-refractivity contribution < 1.29 is 19.8 Å². The molecule has 0 aliphatic heterocycles. The maximum atomic E-state index is 10.6. The number of hydrogen-bond donors (Lipinski definition) is 2. The molecule has 0 fully saturated rings. The second-order valence-corrected chi connectivity index (χ2v) is 3.38. The van der Waals surface area contributed by atoms with Crippen LogP contribution in [0.15, 0.2) is 0 Å². The lowest BCUT2D eigenvalue weighted by atomic mass is 9.92. The minimum atomic E-state index is -1.05. The van der Waals surface area contributed by atoms with Gasteiger partial charge in [-0.05, 0) is 12.3 Å². The molecule has 0 spiro atoms. The normalized spacial score (nSPS) is 14.9. The number of aliphatic carboxylic acids is 2. The third kappa shape index (κ3) is 5.22. The Morgan fingerprint density at radius 3 is 2.15 bits per heavy atom. The van der Waals surface area contributed by atoms with Crippen LogP contribution < -0.4 is 0 Å². The van der Waals surface area contributed by atoms with Crippen molar-refractivity contribution >= 4 is 11.9 Å². The van der Waals surface area contributed by atoms with Gasteiger partial charge >= 0.3 is 11.9 Å². The predicted molar refractivity (Wildman–Crippen MR) is 47.5 cm³/mol. The van der Waals surface area contributed by atoms with E-state index in [0.29, 0.717) is 6.42 Å². The summed E-state index contributed by atoms with van der Waals surface area (Å²) in [5, 5.41) is 17.2. The van der Waals surface area contributed by atoms with Gasteiger partial charge in [-0.1, -0.05) is 20.3 Å². The minimum absolute atomic E-state index is 0.264. The van der Waals surface area contributed by atoms with E-state index in [1.807, 2.05) is 13.8 Å². The number of carbonyl (C=O) groups is 2. The second-order valence-electron chi connectivity index (χ2n) is 3.38. The maximum absolute atomic E-state index is 10.6. The fourth-order valence-electron chi connectivity index (χ4n) is 1.13. The summed E-state index contributed by atoms with van der Waals surface area (Å²) in [4.78, 5) is 20.9. The van der Waals surface area contributed by atoms with Gasteiger partial charge in [0.15, 0.2) is 0 Å². The molecule has 0 bridgehead atoms. The van der Waals surface area contributed by atoms with Gasteiger partial charge < -0.3 is 10.2 Å². The molecule has 0 rings (SSSR count). The third-order valence-corrected chi connectivity index (χ3v) is 2.15. The summed E-state index contributed by atoms with van der Waals surface area (Å²) in [6, 6.07) is 0. The summed E-state index contributed by atoms with van der Waals surface area (Å²) >= 11 is 0. The highest BCUT2D eigenvalue weighted by Crippen LogP contribution is 2.18. The first-order valence-electron chi connectivity index (χ1n) is 4.42. The van der Waals surface area contributed by atoms with E-state index in [4.69, 9.17) is 10.2 Å². The van der Waals surface area contributed by atoms with Crippen LogP contribution in [0.2, 0.25) is 0 Å². The fourth-order valence-corrected chi connectivity index (χ4v) is 1.13. The van der Waals surface area contributed by atoms with Crippen LogP contribution in [0.3, 0.4) is 0 Å². The van der Waals surface area contributed by atoms with Crippen molar-refractivity contribution in [3.05, 3.63) is 0 Å². The topological polar surface area (TPSA) is 74.6 Å². The van der Waals surface area contributed by atoms with Gasteiger partial charge in [0.1, 0.15) is 0 Å². The van der Waals surface area contributed by atoms with Gasteiger partial charge in [-0.3, -0.25) is 9.59 Å². The average molecular weight is 188 g/mol. The second kappa shape index (κ2) is 5.56. The van der Waals surface area contributed by atoms with E-state index < -0.39 is 17.9 Å². The van der Waals surface area contributed by atoms with E-state index in [9.17, 15) is 9.59 Å². The van der Waals surface area contributed by atoms with E-state index in [0.717, 1.165) is 6.42 Å². The lowest BCUT2D eigenvalue weighted by Crippen LogP contribution is -2.20. The summed E-state index contributed by atoms with van der Waals surface area (Å²) in [5.41, 5.74) is 0. The SMILES string of the molecule is CCC(C)CC(CC(=O)O)C(=O)O. The van der Waals surface area contributed by atoms with Crippen molar-refractivity contribution in [2.45, 2.75) is 33.1 Å². The monoisotopic (exact) mass is 188 g/mol. The van der Waals surface area contributed by atoms with Gasteiger partial charge in [0.05, 0.1) is 12.3 Å². The Morgan fingerprint density at radius 1 is 1.31 bits per heavy atom. The van der Waals surface area contributed by atoms with E-state index in [1.54, 1.807) is 0 Å². The van der Waals surface area contributed by atoms with Gasteiger partial charge in [-0.15, -0.1) is 0 Å². The maximum Gasteiger partial charge on any atom is 0.307 e. The summed E-state index contributed by atoms with van der Waals surface area (Å²) in [6.45, 7) is 3.89. The average Bonchev–Trinajstić information content (AvgIpc) is 2.02. The van der Waals surface area contributed by atoms with Crippen molar-refractivity contribution in [3.63, 3.8) is 0 Å². The Balaban J connectivity index is 4.10. The van der Waals surface area contributed by atoms with E-state index >= 15 is 0 Å². The molecule has 2 atom stereocenters. The lowest BCUT2D eigenvalue weighted by molar-refractivity contribution is -0.148. The van der Waals surface area contributed by atoms with Crippen LogP contribution in [0.1, 0.15) is 33.1 Å². The van der Waals surface area contributed by atoms with Crippen molar-refractivity contribution in [3.8, 4) is 0 Å². The molecule has 0 amide bonds. The summed E-state index contributed by atoms with van der Waals surface area (Å²) in [5.74, 6) is -2.54. The number of rotatable bonds is 6. The standard InChI is InChI=1S/C9H16O4/c1-3-6(2)4-7(9(12)13)5-8(10)11/h6-7H,3-5H2,1-2H3,(H,10,11)(H,12,13). The predicted octanol–water partition coefficient (Wildman–Crippen LogP) is 1.60. The molecule has 2 N–H and O–H groups in total. The Labute approximate surface area is 77.6 Å². The Kier molecular flexibility index (Phi) is 5.11. The molecule has 0 aromatic carbocycles. The van der Waals surface area contributed by atoms with E-state index in [1.165, 1.54) is 0 Å². The number of hydrogen-bond acceptors (Lipinski definition) is 2. The van der Waals surface area contributed by atoms with Crippen LogP contribution in [0, 0.1) is 11.8 Å². The van der Waals surface area contributed by atoms with Crippen LogP contribution in [0.25, 0.3) is 0 Å². The van der Waals surface area contributed by atoms with E-state index in [2.05, 4.69) is 0 Å². The van der Waals surface area contributed by atoms with Gasteiger partial charge in [-0.2, -0.15) is 0 Å². The molecule has 0 aliphatic rings. The highest BCUT2D eigenvalue weighted by atomic mass is 16.4. The molecular weight excluding hydrogens is 172 g/mol. The molecule has 13 heavy (non-hydrogen) atoms. The van der Waals surface area contributed by atoms with Crippen LogP contribution in [-0.4, -0.2) is 22.2 Å². The quantitative estimate of drug-likeness (QED) is 0.663. The van der Waals surface area contributed by atoms with Crippen LogP contribution >= 0.6 is 0 Å². The molecule has 0 heterocycles. The first-order valence-corrected chi connectivity index (χ1v) is 4.42. The van der Waals surface area contributed by atoms with Crippen molar-refractivity contribution in [1.82, 2.24) is 0 Å². The van der Waals surface area contributed by atoms with Crippen molar-refractivity contribution in [2.24, 2.45) is 11.8 Å². The summed E-state index contributed by atoms with van der Waals surface area (Å²) in [6.07, 6.45) is 1.04. The zero-order chi connectivity index (χ0) is 10.4. The molecule has 2 unspecified atom stereocenters. The molecule has 0 aromatic rings. The zero-order valence-electron chi connectivity index (χ0n) is 7.99. The number of carboxylic acids is 2. The van der Waals surface area contributed by atoms with Crippen LogP contribution in [0.4, 0.5) is 0 Å². The Hall–Kier alpha value is -1.06. The molecule has 76 valence electrons. The van der Waals surface area contributed by atoms with Crippen molar-refractivity contribution in [1.29, 1.82) is 0 Å². The van der Waals surface area contributed by atoms with Gasteiger partial charge in [-0.25, -0.2) is 0 Å². The van der Waals surface area contributed by atoms with Crippen LogP contribution in [0.5, 0.6) is 0 Å². The fraction of sp³-hybridized carbons (Fsp3) is 0.778.